The number of carbonyl (C=O) groups is 1. The first-order chi connectivity index (χ1) is 17.6. The highest BCUT2D eigenvalue weighted by Crippen LogP contribution is 2.58. The summed E-state index contributed by atoms with van der Waals surface area (Å²) in [6, 6.07) is 19.8. The van der Waals surface area contributed by atoms with E-state index < -0.39 is 11.0 Å². The molecule has 0 amide bonds. The van der Waals surface area contributed by atoms with Crippen LogP contribution in [0.2, 0.25) is 10.0 Å². The second-order valence-corrected chi connectivity index (χ2v) is 11.6. The van der Waals surface area contributed by atoms with Gasteiger partial charge in [0, 0.05) is 28.7 Å². The van der Waals surface area contributed by atoms with Gasteiger partial charge in [0.1, 0.15) is 11.4 Å². The van der Waals surface area contributed by atoms with Gasteiger partial charge in [0.15, 0.2) is 0 Å². The summed E-state index contributed by atoms with van der Waals surface area (Å²) in [6.07, 6.45) is 2.71. The summed E-state index contributed by atoms with van der Waals surface area (Å²) in [5.41, 5.74) is 2.30. The fourth-order valence-electron chi connectivity index (χ4n) is 5.91. The highest BCUT2D eigenvalue weighted by molar-refractivity contribution is 6.31. The van der Waals surface area contributed by atoms with E-state index in [-0.39, 0.29) is 30.3 Å². The van der Waals surface area contributed by atoms with E-state index in [4.69, 9.17) is 32.9 Å². The molecule has 0 aromatic heterocycles. The molecule has 0 radical (unpaired) electrons. The summed E-state index contributed by atoms with van der Waals surface area (Å²) < 4.78 is 20.3. The maximum atomic E-state index is 14.7. The minimum atomic E-state index is -0.696. The maximum absolute atomic E-state index is 14.7. The van der Waals surface area contributed by atoms with Crippen molar-refractivity contribution in [2.45, 2.75) is 50.2 Å². The first kappa shape index (κ1) is 25.9. The van der Waals surface area contributed by atoms with Crippen molar-refractivity contribution < 1.29 is 13.9 Å². The van der Waals surface area contributed by atoms with Crippen molar-refractivity contribution in [2.24, 2.45) is 4.99 Å². The summed E-state index contributed by atoms with van der Waals surface area (Å²) in [5.74, 6) is -0.682. The van der Waals surface area contributed by atoms with Gasteiger partial charge in [0.05, 0.1) is 23.7 Å². The molecule has 0 aliphatic carbocycles. The molecule has 4 nitrogen and oxygen atoms in total. The van der Waals surface area contributed by atoms with E-state index in [9.17, 15) is 9.18 Å². The van der Waals surface area contributed by atoms with Crippen molar-refractivity contribution in [1.29, 1.82) is 0 Å². The van der Waals surface area contributed by atoms with Crippen LogP contribution in [0.15, 0.2) is 71.7 Å². The van der Waals surface area contributed by atoms with Gasteiger partial charge in [-0.2, -0.15) is 0 Å². The Labute approximate surface area is 227 Å². The average Bonchev–Trinajstić information content (AvgIpc) is 3.16. The first-order valence-corrected chi connectivity index (χ1v) is 13.1. The lowest BCUT2D eigenvalue weighted by Crippen LogP contribution is -2.54. The molecule has 3 aromatic carbocycles. The number of carbonyl (C=O) groups excluding carboxylic acids is 1. The number of piperidine rings is 1. The predicted octanol–water partition coefficient (Wildman–Crippen LogP) is 7.66. The Morgan fingerprint density at radius 2 is 1.78 bits per heavy atom. The lowest BCUT2D eigenvalue weighted by molar-refractivity contribution is -0.157. The number of benzene rings is 3. The maximum Gasteiger partial charge on any atom is 0.320 e. The summed E-state index contributed by atoms with van der Waals surface area (Å²) in [4.78, 5) is 20.0. The van der Waals surface area contributed by atoms with Gasteiger partial charge >= 0.3 is 5.97 Å². The zero-order chi connectivity index (χ0) is 26.4. The molecular formula is C30H29Cl2FN2O2. The van der Waals surface area contributed by atoms with Crippen molar-refractivity contribution >= 4 is 41.1 Å². The third kappa shape index (κ3) is 5.05. The predicted molar refractivity (Wildman–Crippen MR) is 147 cm³/mol. The van der Waals surface area contributed by atoms with Crippen molar-refractivity contribution in [3.05, 3.63) is 99.3 Å². The molecule has 7 heteroatoms. The largest absolute Gasteiger partial charge is 0.459 e. The monoisotopic (exact) mass is 538 g/mol. The molecule has 192 valence electrons. The molecule has 1 fully saturated rings. The third-order valence-corrected chi connectivity index (χ3v) is 7.58. The van der Waals surface area contributed by atoms with Gasteiger partial charge in [-0.15, -0.1) is 0 Å². The van der Waals surface area contributed by atoms with Gasteiger partial charge in [-0.25, -0.2) is 4.39 Å². The molecule has 0 saturated carbocycles. The molecule has 0 bridgehead atoms. The van der Waals surface area contributed by atoms with Crippen LogP contribution in [0.4, 0.5) is 10.1 Å². The number of aliphatic imine (C=N–C) groups is 1. The molecule has 2 aliphatic heterocycles. The van der Waals surface area contributed by atoms with E-state index in [1.54, 1.807) is 12.1 Å². The number of halogens is 3. The van der Waals surface area contributed by atoms with Crippen LogP contribution >= 0.6 is 23.2 Å². The van der Waals surface area contributed by atoms with Gasteiger partial charge in [-0.05, 0) is 80.3 Å². The lowest BCUT2D eigenvalue weighted by Gasteiger charge is -2.52. The second kappa shape index (κ2) is 9.86. The van der Waals surface area contributed by atoms with Crippen molar-refractivity contribution in [2.75, 3.05) is 13.1 Å². The Hall–Kier alpha value is -2.73. The van der Waals surface area contributed by atoms with Gasteiger partial charge in [0.2, 0.25) is 0 Å². The molecule has 2 aliphatic rings. The number of likely N-dealkylation sites (tertiary alicyclic amines) is 1. The van der Waals surface area contributed by atoms with E-state index in [1.807, 2.05) is 69.5 Å². The third-order valence-electron chi connectivity index (χ3n) is 7.11. The minimum absolute atomic E-state index is 0.0273. The van der Waals surface area contributed by atoms with Crippen molar-refractivity contribution in [3.63, 3.8) is 0 Å². The van der Waals surface area contributed by atoms with E-state index in [2.05, 4.69) is 11.0 Å². The minimum Gasteiger partial charge on any atom is -0.459 e. The Morgan fingerprint density at radius 3 is 2.51 bits per heavy atom. The molecular weight excluding hydrogens is 510 g/mol. The number of fused-ring (bicyclic) bond motifs is 2. The quantitative estimate of drug-likeness (QED) is 0.320. The zero-order valence-electron chi connectivity index (χ0n) is 21.0. The molecule has 0 N–H and O–H groups in total. The van der Waals surface area contributed by atoms with Crippen LogP contribution in [-0.2, 0) is 14.9 Å². The molecule has 37 heavy (non-hydrogen) atoms. The Kier molecular flexibility index (Phi) is 6.90. The summed E-state index contributed by atoms with van der Waals surface area (Å²) in [5, 5.41) is 1.24. The van der Waals surface area contributed by atoms with Gasteiger partial charge in [-0.3, -0.25) is 14.7 Å². The first-order valence-electron chi connectivity index (χ1n) is 12.4. The van der Waals surface area contributed by atoms with Gasteiger partial charge in [0.25, 0.3) is 0 Å². The number of hydrogen-bond acceptors (Lipinski definition) is 4. The fraction of sp³-hybridized carbons (Fsp3) is 0.333. The molecule has 5 rings (SSSR count). The average molecular weight is 539 g/mol. The van der Waals surface area contributed by atoms with Crippen LogP contribution in [0.25, 0.3) is 0 Å². The molecule has 3 aromatic rings. The highest BCUT2D eigenvalue weighted by Gasteiger charge is 2.55. The summed E-state index contributed by atoms with van der Waals surface area (Å²) in [7, 11) is 0. The van der Waals surface area contributed by atoms with E-state index in [0.29, 0.717) is 16.6 Å². The second-order valence-electron chi connectivity index (χ2n) is 10.8. The molecule has 3 atom stereocenters. The molecule has 1 saturated heterocycles. The topological polar surface area (TPSA) is 41.9 Å². The van der Waals surface area contributed by atoms with Crippen molar-refractivity contribution in [1.82, 2.24) is 4.90 Å². The Balaban J connectivity index is 1.71. The standard InChI is InChI=1S/C30H29Cl2FN2O2/c1-29(2,3)37-27(36)17-35-13-12-24(19-6-4-8-21(31)14-19)30(28(35)20-7-5-9-23(33)15-20)18-34-26-16-22(32)10-11-25(26)30/h4-11,14-16,18,24,28H,12-13,17H2,1-3H3/t24-,28+,30-/m0/s1. The van der Waals surface area contributed by atoms with E-state index >= 15 is 0 Å². The highest BCUT2D eigenvalue weighted by atomic mass is 35.5. The Bertz CT molecular complexity index is 1370. The van der Waals surface area contributed by atoms with Crippen LogP contribution in [0.3, 0.4) is 0 Å². The van der Waals surface area contributed by atoms with Gasteiger partial charge < -0.3 is 4.74 Å². The number of hydrogen-bond donors (Lipinski definition) is 0. The number of nitrogens with zero attached hydrogens (tertiary/aromatic N) is 2. The SMILES string of the molecule is CC(C)(C)OC(=O)CN1CC[C@@H](c2cccc(Cl)c2)[C@]2(C=Nc3cc(Cl)ccc32)[C@H]1c1cccc(F)c1. The normalized spacial score (nSPS) is 23.3. The van der Waals surface area contributed by atoms with Crippen LogP contribution in [0.5, 0.6) is 0 Å². The lowest BCUT2D eigenvalue weighted by atomic mass is 9.59. The number of esters is 1. The van der Waals surface area contributed by atoms with Crippen LogP contribution in [-0.4, -0.2) is 35.8 Å². The van der Waals surface area contributed by atoms with Crippen LogP contribution in [0.1, 0.15) is 55.8 Å². The van der Waals surface area contributed by atoms with E-state index in [0.717, 1.165) is 28.8 Å². The van der Waals surface area contributed by atoms with Gasteiger partial charge in [-0.1, -0.05) is 53.5 Å². The molecule has 0 unspecified atom stereocenters. The Morgan fingerprint density at radius 1 is 1.05 bits per heavy atom. The fourth-order valence-corrected chi connectivity index (χ4v) is 6.28. The number of rotatable bonds is 4. The molecule has 1 spiro atoms. The smallest absolute Gasteiger partial charge is 0.320 e. The zero-order valence-corrected chi connectivity index (χ0v) is 22.6. The van der Waals surface area contributed by atoms with Crippen molar-refractivity contribution in [3.8, 4) is 0 Å². The van der Waals surface area contributed by atoms with Crippen LogP contribution in [0, 0.1) is 5.82 Å². The summed E-state index contributed by atoms with van der Waals surface area (Å²) >= 11 is 12.8. The van der Waals surface area contributed by atoms with E-state index in [1.165, 1.54) is 6.07 Å². The van der Waals surface area contributed by atoms with Crippen LogP contribution < -0.4 is 0 Å². The molecule has 2 heterocycles. The number of ether oxygens (including phenoxy) is 1. The summed E-state index contributed by atoms with van der Waals surface area (Å²) in [6.45, 7) is 6.23.